The van der Waals surface area contributed by atoms with Gasteiger partial charge in [0.2, 0.25) is 5.91 Å². The lowest BCUT2D eigenvalue weighted by Gasteiger charge is -2.22. The van der Waals surface area contributed by atoms with E-state index in [1.165, 1.54) is 0 Å². The predicted octanol–water partition coefficient (Wildman–Crippen LogP) is 2.39. The molecule has 0 saturated carbocycles. The van der Waals surface area contributed by atoms with Crippen LogP contribution in [0.1, 0.15) is 23.1 Å². The zero-order valence-electron chi connectivity index (χ0n) is 15.2. The molecule has 1 heterocycles. The summed E-state index contributed by atoms with van der Waals surface area (Å²) in [6.45, 7) is 0.132. The van der Waals surface area contributed by atoms with Crippen molar-refractivity contribution in [2.75, 3.05) is 13.1 Å². The molecule has 1 fully saturated rings. The summed E-state index contributed by atoms with van der Waals surface area (Å²) in [7, 11) is 0. The van der Waals surface area contributed by atoms with Crippen molar-refractivity contribution in [3.05, 3.63) is 70.2 Å². The van der Waals surface area contributed by atoms with E-state index in [1.807, 2.05) is 36.4 Å². The van der Waals surface area contributed by atoms with Gasteiger partial charge in [-0.25, -0.2) is 4.79 Å². The van der Waals surface area contributed by atoms with E-state index < -0.39 is 11.6 Å². The van der Waals surface area contributed by atoms with Crippen molar-refractivity contribution in [1.82, 2.24) is 15.5 Å². The number of hydrogen-bond acceptors (Lipinski definition) is 3. The van der Waals surface area contributed by atoms with Gasteiger partial charge >= 0.3 is 6.03 Å². The van der Waals surface area contributed by atoms with Gasteiger partial charge < -0.3 is 10.6 Å². The van der Waals surface area contributed by atoms with Gasteiger partial charge in [0.25, 0.3) is 5.91 Å². The van der Waals surface area contributed by atoms with Crippen LogP contribution in [0, 0.1) is 0 Å². The molecule has 0 bridgehead atoms. The molecule has 2 aromatic carbocycles. The average Bonchev–Trinajstić information content (AvgIpc) is 3.17. The summed E-state index contributed by atoms with van der Waals surface area (Å²) >= 11 is 5.86. The molecule has 6 nitrogen and oxygen atoms in total. The maximum absolute atomic E-state index is 13.0. The minimum absolute atomic E-state index is 0.283. The third-order valence-corrected chi connectivity index (χ3v) is 5.63. The van der Waals surface area contributed by atoms with Crippen molar-refractivity contribution in [3.63, 3.8) is 0 Å². The van der Waals surface area contributed by atoms with Crippen LogP contribution in [-0.4, -0.2) is 35.8 Å². The van der Waals surface area contributed by atoms with Crippen molar-refractivity contribution in [2.24, 2.45) is 0 Å². The zero-order valence-corrected chi connectivity index (χ0v) is 16.0. The lowest BCUT2D eigenvalue weighted by atomic mass is 9.92. The number of halogens is 1. The maximum atomic E-state index is 13.0. The Labute approximate surface area is 167 Å². The Morgan fingerprint density at radius 3 is 2.68 bits per heavy atom. The van der Waals surface area contributed by atoms with E-state index in [0.29, 0.717) is 24.4 Å². The van der Waals surface area contributed by atoms with Crippen molar-refractivity contribution in [2.45, 2.75) is 24.8 Å². The van der Waals surface area contributed by atoms with Gasteiger partial charge in [0.05, 0.1) is 0 Å². The SMILES string of the molecule is O=C(CN1C(=O)NC2(CCc3ccccc32)C1=O)NCCc1ccc(Cl)cc1. The number of nitrogens with one attached hydrogen (secondary N) is 2. The average molecular weight is 398 g/mol. The summed E-state index contributed by atoms with van der Waals surface area (Å²) in [5, 5.41) is 6.25. The molecule has 1 unspecified atom stereocenters. The van der Waals surface area contributed by atoms with Crippen molar-refractivity contribution >= 4 is 29.4 Å². The highest BCUT2D eigenvalue weighted by Gasteiger charge is 2.55. The molecule has 2 aliphatic rings. The summed E-state index contributed by atoms with van der Waals surface area (Å²) in [4.78, 5) is 38.7. The molecule has 1 saturated heterocycles. The topological polar surface area (TPSA) is 78.5 Å². The maximum Gasteiger partial charge on any atom is 0.325 e. The molecule has 2 aromatic rings. The van der Waals surface area contributed by atoms with E-state index in [2.05, 4.69) is 10.6 Å². The molecule has 28 heavy (non-hydrogen) atoms. The van der Waals surface area contributed by atoms with Crippen LogP contribution in [0.25, 0.3) is 0 Å². The molecule has 4 rings (SSSR count). The van der Waals surface area contributed by atoms with Gasteiger partial charge in [-0.1, -0.05) is 48.0 Å². The Hall–Kier alpha value is -2.86. The van der Waals surface area contributed by atoms with Crippen LogP contribution >= 0.6 is 11.6 Å². The molecule has 2 N–H and O–H groups in total. The summed E-state index contributed by atoms with van der Waals surface area (Å²) < 4.78 is 0. The Morgan fingerprint density at radius 2 is 1.89 bits per heavy atom. The van der Waals surface area contributed by atoms with Crippen LogP contribution in [0.3, 0.4) is 0 Å². The third kappa shape index (κ3) is 3.24. The molecular weight excluding hydrogens is 378 g/mol. The minimum atomic E-state index is -1.03. The molecule has 144 valence electrons. The lowest BCUT2D eigenvalue weighted by molar-refractivity contribution is -0.135. The molecular formula is C21H20ClN3O3. The number of amides is 4. The van der Waals surface area contributed by atoms with Gasteiger partial charge in [-0.3, -0.25) is 14.5 Å². The van der Waals surface area contributed by atoms with Crippen molar-refractivity contribution in [3.8, 4) is 0 Å². The first-order chi connectivity index (χ1) is 13.5. The minimum Gasteiger partial charge on any atom is -0.354 e. The highest BCUT2D eigenvalue weighted by Crippen LogP contribution is 2.41. The second kappa shape index (κ2) is 7.28. The number of hydrogen-bond donors (Lipinski definition) is 2. The number of urea groups is 1. The van der Waals surface area contributed by atoms with Crippen LogP contribution in [0.4, 0.5) is 4.79 Å². The highest BCUT2D eigenvalue weighted by molar-refractivity contribution is 6.30. The molecule has 4 amide bonds. The number of rotatable bonds is 5. The normalized spacial score (nSPS) is 20.4. The number of carbonyl (C=O) groups is 3. The number of carbonyl (C=O) groups excluding carboxylic acids is 3. The highest BCUT2D eigenvalue weighted by atomic mass is 35.5. The summed E-state index contributed by atoms with van der Waals surface area (Å²) in [6, 6.07) is 14.5. The zero-order chi connectivity index (χ0) is 19.7. The molecule has 1 atom stereocenters. The van der Waals surface area contributed by atoms with Gasteiger partial charge in [-0.2, -0.15) is 0 Å². The largest absolute Gasteiger partial charge is 0.354 e. The third-order valence-electron chi connectivity index (χ3n) is 5.37. The van der Waals surface area contributed by atoms with Crippen LogP contribution in [0.2, 0.25) is 5.02 Å². The molecule has 7 heteroatoms. The lowest BCUT2D eigenvalue weighted by Crippen LogP contribution is -2.44. The molecule has 0 radical (unpaired) electrons. The standard InChI is InChI=1S/C21H20ClN3O3/c22-16-7-5-14(6-8-16)10-12-23-18(26)13-25-19(27)21(24-20(25)28)11-9-15-3-1-2-4-17(15)21/h1-8H,9-13H2,(H,23,26)(H,24,28). The Morgan fingerprint density at radius 1 is 1.14 bits per heavy atom. The van der Waals surface area contributed by atoms with E-state index in [0.717, 1.165) is 28.0 Å². The smallest absolute Gasteiger partial charge is 0.325 e. The number of imide groups is 1. The molecule has 1 spiro atoms. The summed E-state index contributed by atoms with van der Waals surface area (Å²) in [5.41, 5.74) is 1.91. The first-order valence-corrected chi connectivity index (χ1v) is 9.61. The Balaban J connectivity index is 1.37. The summed E-state index contributed by atoms with van der Waals surface area (Å²) in [5.74, 6) is -0.712. The molecule has 1 aliphatic heterocycles. The second-order valence-electron chi connectivity index (χ2n) is 7.11. The fourth-order valence-electron chi connectivity index (χ4n) is 3.93. The van der Waals surface area contributed by atoms with E-state index in [1.54, 1.807) is 12.1 Å². The molecule has 1 aliphatic carbocycles. The van der Waals surface area contributed by atoms with E-state index >= 15 is 0 Å². The van der Waals surface area contributed by atoms with Gasteiger partial charge in [-0.05, 0) is 48.1 Å². The quantitative estimate of drug-likeness (QED) is 0.760. The van der Waals surface area contributed by atoms with Crippen LogP contribution in [-0.2, 0) is 28.0 Å². The Kier molecular flexibility index (Phi) is 4.81. The van der Waals surface area contributed by atoms with Gasteiger partial charge in [0.15, 0.2) is 0 Å². The fraction of sp³-hybridized carbons (Fsp3) is 0.286. The Bertz CT molecular complexity index is 944. The van der Waals surface area contributed by atoms with Crippen LogP contribution < -0.4 is 10.6 Å². The predicted molar refractivity (Wildman–Crippen MR) is 105 cm³/mol. The second-order valence-corrected chi connectivity index (χ2v) is 7.55. The van der Waals surface area contributed by atoms with Crippen LogP contribution in [0.5, 0.6) is 0 Å². The van der Waals surface area contributed by atoms with Crippen molar-refractivity contribution in [1.29, 1.82) is 0 Å². The van der Waals surface area contributed by atoms with Crippen molar-refractivity contribution < 1.29 is 14.4 Å². The number of fused-ring (bicyclic) bond motifs is 2. The van der Waals surface area contributed by atoms with E-state index in [-0.39, 0.29) is 18.4 Å². The first-order valence-electron chi connectivity index (χ1n) is 9.23. The number of nitrogens with zero attached hydrogens (tertiary/aromatic N) is 1. The van der Waals surface area contributed by atoms with Gasteiger partial charge in [-0.15, -0.1) is 0 Å². The molecule has 0 aromatic heterocycles. The van der Waals surface area contributed by atoms with Gasteiger partial charge in [0, 0.05) is 11.6 Å². The first kappa shape index (κ1) is 18.5. The fourth-order valence-corrected chi connectivity index (χ4v) is 4.06. The summed E-state index contributed by atoms with van der Waals surface area (Å²) in [6.07, 6.45) is 1.88. The van der Waals surface area contributed by atoms with E-state index in [4.69, 9.17) is 11.6 Å². The van der Waals surface area contributed by atoms with Crippen LogP contribution in [0.15, 0.2) is 48.5 Å². The number of aryl methyl sites for hydroxylation is 1. The van der Waals surface area contributed by atoms with Gasteiger partial charge in [0.1, 0.15) is 12.1 Å². The number of benzene rings is 2. The van der Waals surface area contributed by atoms with E-state index in [9.17, 15) is 14.4 Å². The monoisotopic (exact) mass is 397 g/mol.